The molecule has 2 nitrogen and oxygen atoms in total. The van der Waals surface area contributed by atoms with E-state index in [1.807, 2.05) is 24.3 Å². The third-order valence-electron chi connectivity index (χ3n) is 1.98. The number of rotatable bonds is 4. The Morgan fingerprint density at radius 2 is 2.07 bits per heavy atom. The Balaban J connectivity index is 2.73. The molecule has 1 atom stereocenters. The average Bonchev–Trinajstić information content (AvgIpc) is 2.08. The fraction of sp³-hybridized carbons (Fsp3) is 0.455. The van der Waals surface area contributed by atoms with Crippen molar-refractivity contribution in [1.82, 2.24) is 0 Å². The summed E-state index contributed by atoms with van der Waals surface area (Å²) in [5, 5.41) is 10.6. The Hall–Kier alpha value is -0.570. The normalized spacial score (nSPS) is 15.1. The summed E-state index contributed by atoms with van der Waals surface area (Å²) in [5.74, 6) is 0. The zero-order chi connectivity index (χ0) is 10.6. The highest BCUT2D eigenvalue weighted by Crippen LogP contribution is 2.20. The van der Waals surface area contributed by atoms with Crippen LogP contribution in [0, 0.1) is 0 Å². The Kier molecular flexibility index (Phi) is 3.93. The number of halogens is 1. The van der Waals surface area contributed by atoms with Gasteiger partial charge in [-0.2, -0.15) is 0 Å². The van der Waals surface area contributed by atoms with E-state index in [0.717, 1.165) is 5.56 Å². The van der Waals surface area contributed by atoms with Gasteiger partial charge < -0.3 is 9.84 Å². The molecule has 0 amide bonds. The lowest BCUT2D eigenvalue weighted by atomic mass is 9.97. The van der Waals surface area contributed by atoms with E-state index >= 15 is 0 Å². The van der Waals surface area contributed by atoms with Crippen molar-refractivity contribution in [2.45, 2.75) is 18.9 Å². The predicted molar refractivity (Wildman–Crippen MR) is 57.7 cm³/mol. The van der Waals surface area contributed by atoms with E-state index in [2.05, 4.69) is 0 Å². The van der Waals surface area contributed by atoms with Crippen molar-refractivity contribution in [3.8, 4) is 0 Å². The molecule has 1 N–H and O–H groups in total. The maximum Gasteiger partial charge on any atom is 0.0892 e. The highest BCUT2D eigenvalue weighted by Gasteiger charge is 2.21. The molecule has 0 aliphatic heterocycles. The molecular formula is C11H15ClO2. The molecule has 1 rings (SSSR count). The highest BCUT2D eigenvalue weighted by atomic mass is 35.5. The van der Waals surface area contributed by atoms with Gasteiger partial charge >= 0.3 is 0 Å². The van der Waals surface area contributed by atoms with Crippen molar-refractivity contribution in [1.29, 1.82) is 0 Å². The van der Waals surface area contributed by atoms with Crippen LogP contribution in [0.2, 0.25) is 5.02 Å². The smallest absolute Gasteiger partial charge is 0.0892 e. The summed E-state index contributed by atoms with van der Waals surface area (Å²) in [4.78, 5) is 0. The van der Waals surface area contributed by atoms with E-state index in [1.54, 1.807) is 14.0 Å². The summed E-state index contributed by atoms with van der Waals surface area (Å²) in [5.41, 5.74) is 0.0796. The largest absolute Gasteiger partial charge is 0.387 e. The molecule has 0 saturated carbocycles. The van der Waals surface area contributed by atoms with Crippen LogP contribution in [-0.2, 0) is 11.2 Å². The summed E-state index contributed by atoms with van der Waals surface area (Å²) < 4.78 is 4.93. The molecule has 0 bridgehead atoms. The molecule has 0 saturated heterocycles. The van der Waals surface area contributed by atoms with Gasteiger partial charge in [-0.1, -0.05) is 29.8 Å². The molecule has 0 heterocycles. The lowest BCUT2D eigenvalue weighted by Gasteiger charge is -2.22. The van der Waals surface area contributed by atoms with Crippen LogP contribution >= 0.6 is 11.6 Å². The van der Waals surface area contributed by atoms with E-state index in [1.165, 1.54) is 0 Å². The Labute approximate surface area is 89.5 Å². The van der Waals surface area contributed by atoms with Crippen LogP contribution in [-0.4, -0.2) is 24.4 Å². The molecule has 0 fully saturated rings. The minimum absolute atomic E-state index is 0.304. The zero-order valence-corrected chi connectivity index (χ0v) is 9.21. The zero-order valence-electron chi connectivity index (χ0n) is 8.46. The van der Waals surface area contributed by atoms with Gasteiger partial charge in [0.25, 0.3) is 0 Å². The third-order valence-corrected chi connectivity index (χ3v) is 2.35. The van der Waals surface area contributed by atoms with Gasteiger partial charge in [0.1, 0.15) is 0 Å². The van der Waals surface area contributed by atoms with Crippen molar-refractivity contribution in [2.75, 3.05) is 13.7 Å². The standard InChI is InChI=1S/C11H15ClO2/c1-11(13,8-14-2)7-9-5-3-4-6-10(9)12/h3-6,13H,7-8H2,1-2H3. The third kappa shape index (κ3) is 3.29. The molecule has 0 spiro atoms. The van der Waals surface area contributed by atoms with E-state index in [4.69, 9.17) is 16.3 Å². The molecule has 78 valence electrons. The maximum absolute atomic E-state index is 9.91. The van der Waals surface area contributed by atoms with Gasteiger partial charge in [-0.3, -0.25) is 0 Å². The first kappa shape index (κ1) is 11.5. The minimum Gasteiger partial charge on any atom is -0.387 e. The number of hydrogen-bond acceptors (Lipinski definition) is 2. The van der Waals surface area contributed by atoms with Gasteiger partial charge in [-0.05, 0) is 18.6 Å². The van der Waals surface area contributed by atoms with Crippen LogP contribution in [0.5, 0.6) is 0 Å². The van der Waals surface area contributed by atoms with Crippen molar-refractivity contribution in [3.63, 3.8) is 0 Å². The first-order chi connectivity index (χ1) is 6.55. The lowest BCUT2D eigenvalue weighted by molar-refractivity contribution is -0.0160. The molecule has 1 aromatic rings. The first-order valence-electron chi connectivity index (χ1n) is 4.50. The fourth-order valence-corrected chi connectivity index (χ4v) is 1.62. The van der Waals surface area contributed by atoms with Crippen LogP contribution < -0.4 is 0 Å². The quantitative estimate of drug-likeness (QED) is 0.834. The van der Waals surface area contributed by atoms with Gasteiger partial charge in [0.2, 0.25) is 0 Å². The summed E-state index contributed by atoms with van der Waals surface area (Å²) in [6.07, 6.45) is 0.501. The van der Waals surface area contributed by atoms with Crippen molar-refractivity contribution in [3.05, 3.63) is 34.9 Å². The van der Waals surface area contributed by atoms with Gasteiger partial charge in [0, 0.05) is 18.6 Å². The number of methoxy groups -OCH3 is 1. The van der Waals surface area contributed by atoms with Crippen molar-refractivity contribution < 1.29 is 9.84 Å². The summed E-state index contributed by atoms with van der Waals surface area (Å²) >= 11 is 5.98. The molecule has 0 radical (unpaired) electrons. The van der Waals surface area contributed by atoms with E-state index in [9.17, 15) is 5.11 Å². The van der Waals surface area contributed by atoms with E-state index < -0.39 is 5.60 Å². The molecule has 0 aliphatic carbocycles. The minimum atomic E-state index is -0.861. The molecule has 3 heteroatoms. The Morgan fingerprint density at radius 1 is 1.43 bits per heavy atom. The van der Waals surface area contributed by atoms with Crippen LogP contribution in [0.3, 0.4) is 0 Å². The number of aliphatic hydroxyl groups is 1. The molecule has 1 aromatic carbocycles. The van der Waals surface area contributed by atoms with Gasteiger partial charge in [0.05, 0.1) is 12.2 Å². The maximum atomic E-state index is 9.91. The number of ether oxygens (including phenoxy) is 1. The molecule has 0 aliphatic rings. The summed E-state index contributed by atoms with van der Waals surface area (Å²) in [6, 6.07) is 7.51. The van der Waals surface area contributed by atoms with Crippen LogP contribution in [0.25, 0.3) is 0 Å². The first-order valence-corrected chi connectivity index (χ1v) is 4.88. The SMILES string of the molecule is COCC(C)(O)Cc1ccccc1Cl. The van der Waals surface area contributed by atoms with Crippen LogP contribution in [0.1, 0.15) is 12.5 Å². The molecule has 14 heavy (non-hydrogen) atoms. The highest BCUT2D eigenvalue weighted by molar-refractivity contribution is 6.31. The fourth-order valence-electron chi connectivity index (χ4n) is 1.41. The summed E-state index contributed by atoms with van der Waals surface area (Å²) in [6.45, 7) is 2.04. The second-order valence-corrected chi connectivity index (χ2v) is 4.11. The van der Waals surface area contributed by atoms with Gasteiger partial charge in [-0.15, -0.1) is 0 Å². The Bertz CT molecular complexity index is 297. The molecular weight excluding hydrogens is 200 g/mol. The number of hydrogen-bond donors (Lipinski definition) is 1. The second-order valence-electron chi connectivity index (χ2n) is 3.70. The van der Waals surface area contributed by atoms with Crippen molar-refractivity contribution in [2.24, 2.45) is 0 Å². The monoisotopic (exact) mass is 214 g/mol. The molecule has 0 aromatic heterocycles. The van der Waals surface area contributed by atoms with E-state index in [-0.39, 0.29) is 0 Å². The average molecular weight is 215 g/mol. The summed E-state index contributed by atoms with van der Waals surface area (Å²) in [7, 11) is 1.57. The second kappa shape index (κ2) is 4.78. The van der Waals surface area contributed by atoms with Crippen molar-refractivity contribution >= 4 is 11.6 Å². The van der Waals surface area contributed by atoms with Crippen LogP contribution in [0.15, 0.2) is 24.3 Å². The topological polar surface area (TPSA) is 29.5 Å². The predicted octanol–water partition coefficient (Wildman–Crippen LogP) is 2.28. The van der Waals surface area contributed by atoms with Crippen LogP contribution in [0.4, 0.5) is 0 Å². The Morgan fingerprint density at radius 3 is 2.64 bits per heavy atom. The van der Waals surface area contributed by atoms with Gasteiger partial charge in [-0.25, -0.2) is 0 Å². The lowest BCUT2D eigenvalue weighted by Crippen LogP contribution is -2.32. The van der Waals surface area contributed by atoms with Gasteiger partial charge in [0.15, 0.2) is 0 Å². The van der Waals surface area contributed by atoms with E-state index in [0.29, 0.717) is 18.1 Å². The molecule has 1 unspecified atom stereocenters. The number of benzene rings is 1.